The Morgan fingerprint density at radius 2 is 2.11 bits per heavy atom. The molecule has 2 bridgehead atoms. The average molecular weight is 334 g/mol. The summed E-state index contributed by atoms with van der Waals surface area (Å²) in [5, 5.41) is 0. The van der Waals surface area contributed by atoms with Crippen LogP contribution >= 0.6 is 15.9 Å². The van der Waals surface area contributed by atoms with Crippen molar-refractivity contribution < 1.29 is 12.8 Å². The molecule has 1 saturated heterocycles. The quantitative estimate of drug-likeness (QED) is 0.834. The summed E-state index contributed by atoms with van der Waals surface area (Å²) >= 11 is 3.14. The number of rotatable bonds is 2. The van der Waals surface area contributed by atoms with Crippen molar-refractivity contribution in [1.82, 2.24) is 4.31 Å². The van der Waals surface area contributed by atoms with Crippen LogP contribution in [0, 0.1) is 11.7 Å². The summed E-state index contributed by atoms with van der Waals surface area (Å²) in [5.74, 6) is 0.0627. The lowest BCUT2D eigenvalue weighted by molar-refractivity contribution is 0.333. The molecule has 3 nitrogen and oxygen atoms in total. The van der Waals surface area contributed by atoms with E-state index < -0.39 is 15.8 Å². The van der Waals surface area contributed by atoms with Crippen LogP contribution in [0.5, 0.6) is 0 Å². The van der Waals surface area contributed by atoms with Crippen molar-refractivity contribution >= 4 is 26.0 Å². The maximum absolute atomic E-state index is 13.0. The van der Waals surface area contributed by atoms with Crippen molar-refractivity contribution in [3.8, 4) is 0 Å². The Kier molecular flexibility index (Phi) is 2.99. The van der Waals surface area contributed by atoms with E-state index in [4.69, 9.17) is 0 Å². The van der Waals surface area contributed by atoms with Crippen molar-refractivity contribution in [2.45, 2.75) is 30.2 Å². The van der Waals surface area contributed by atoms with Crippen LogP contribution in [0.4, 0.5) is 4.39 Å². The highest BCUT2D eigenvalue weighted by molar-refractivity contribution is 9.10. The molecule has 18 heavy (non-hydrogen) atoms. The van der Waals surface area contributed by atoms with Gasteiger partial charge in [0.2, 0.25) is 10.0 Å². The summed E-state index contributed by atoms with van der Waals surface area (Å²) in [7, 11) is -3.50. The van der Waals surface area contributed by atoms with Crippen LogP contribution in [0.2, 0.25) is 0 Å². The highest BCUT2D eigenvalue weighted by atomic mass is 79.9. The summed E-state index contributed by atoms with van der Waals surface area (Å²) in [4.78, 5) is 0.163. The van der Waals surface area contributed by atoms with Gasteiger partial charge in [-0.05, 0) is 59.3 Å². The van der Waals surface area contributed by atoms with Crippen LogP contribution in [-0.2, 0) is 10.0 Å². The third-order valence-electron chi connectivity index (χ3n) is 3.84. The van der Waals surface area contributed by atoms with E-state index in [0.717, 1.165) is 19.3 Å². The third kappa shape index (κ3) is 1.90. The molecule has 0 radical (unpaired) electrons. The van der Waals surface area contributed by atoms with Crippen molar-refractivity contribution in [3.05, 3.63) is 28.5 Å². The number of halogens is 2. The highest BCUT2D eigenvalue weighted by Crippen LogP contribution is 2.41. The molecule has 1 saturated carbocycles. The zero-order chi connectivity index (χ0) is 12.9. The van der Waals surface area contributed by atoms with Crippen molar-refractivity contribution in [1.29, 1.82) is 0 Å². The molecule has 3 rings (SSSR count). The molecule has 1 aromatic rings. The molecule has 2 unspecified atom stereocenters. The minimum Gasteiger partial charge on any atom is -0.207 e. The van der Waals surface area contributed by atoms with Gasteiger partial charge in [-0.2, -0.15) is 4.31 Å². The summed E-state index contributed by atoms with van der Waals surface area (Å²) in [5.41, 5.74) is 0. The Balaban J connectivity index is 2.00. The van der Waals surface area contributed by atoms with Crippen molar-refractivity contribution in [2.75, 3.05) is 6.54 Å². The molecule has 0 aromatic heterocycles. The molecule has 1 aliphatic heterocycles. The second-order valence-corrected chi connectivity index (χ2v) is 7.70. The van der Waals surface area contributed by atoms with E-state index in [1.807, 2.05) is 0 Å². The first-order valence-electron chi connectivity index (χ1n) is 5.95. The van der Waals surface area contributed by atoms with Crippen LogP contribution < -0.4 is 0 Å². The van der Waals surface area contributed by atoms with Gasteiger partial charge in [0.15, 0.2) is 0 Å². The first-order chi connectivity index (χ1) is 8.48. The minimum absolute atomic E-state index is 0.136. The highest BCUT2D eigenvalue weighted by Gasteiger charge is 2.44. The molecule has 0 amide bonds. The van der Waals surface area contributed by atoms with Crippen molar-refractivity contribution in [2.24, 2.45) is 5.92 Å². The van der Waals surface area contributed by atoms with Gasteiger partial charge in [0.1, 0.15) is 5.82 Å². The normalized spacial score (nSPS) is 27.9. The summed E-state index contributed by atoms with van der Waals surface area (Å²) in [6, 6.07) is 3.85. The zero-order valence-corrected chi connectivity index (χ0v) is 12.0. The van der Waals surface area contributed by atoms with Gasteiger partial charge in [0.05, 0.1) is 4.90 Å². The standard InChI is InChI=1S/C12H13BrFNO2S/c13-11-6-9(14)2-4-12(11)18(16,17)15-7-8-1-3-10(15)5-8/h2,4,6,8,10H,1,3,5,7H2. The number of fused-ring (bicyclic) bond motifs is 2. The molecule has 98 valence electrons. The Labute approximate surface area is 114 Å². The second-order valence-electron chi connectivity index (χ2n) is 4.98. The van der Waals surface area contributed by atoms with E-state index in [9.17, 15) is 12.8 Å². The molecule has 0 N–H and O–H groups in total. The molecular formula is C12H13BrFNO2S. The van der Waals surface area contributed by atoms with Gasteiger partial charge < -0.3 is 0 Å². The van der Waals surface area contributed by atoms with E-state index in [-0.39, 0.29) is 10.9 Å². The Morgan fingerprint density at radius 3 is 2.67 bits per heavy atom. The summed E-state index contributed by atoms with van der Waals surface area (Å²) in [6.07, 6.45) is 3.04. The van der Waals surface area contributed by atoms with E-state index in [2.05, 4.69) is 15.9 Å². The number of sulfonamides is 1. The average Bonchev–Trinajstić information content (AvgIpc) is 2.90. The predicted molar refractivity (Wildman–Crippen MR) is 69.1 cm³/mol. The van der Waals surface area contributed by atoms with Gasteiger partial charge in [-0.1, -0.05) is 0 Å². The van der Waals surface area contributed by atoms with E-state index in [1.165, 1.54) is 18.2 Å². The lowest BCUT2D eigenvalue weighted by atomic mass is 10.1. The summed E-state index contributed by atoms with van der Waals surface area (Å²) < 4.78 is 40.0. The zero-order valence-electron chi connectivity index (χ0n) is 9.64. The Morgan fingerprint density at radius 1 is 1.33 bits per heavy atom. The lowest BCUT2D eigenvalue weighted by Crippen LogP contribution is -2.37. The van der Waals surface area contributed by atoms with E-state index in [1.54, 1.807) is 4.31 Å². The van der Waals surface area contributed by atoms with Crippen molar-refractivity contribution in [3.63, 3.8) is 0 Å². The number of benzene rings is 1. The van der Waals surface area contributed by atoms with Gasteiger partial charge in [-0.25, -0.2) is 12.8 Å². The van der Waals surface area contributed by atoms with Gasteiger partial charge in [-0.15, -0.1) is 0 Å². The van der Waals surface area contributed by atoms with Crippen LogP contribution in [0.25, 0.3) is 0 Å². The number of nitrogens with zero attached hydrogens (tertiary/aromatic N) is 1. The van der Waals surface area contributed by atoms with Gasteiger partial charge in [-0.3, -0.25) is 0 Å². The fraction of sp³-hybridized carbons (Fsp3) is 0.500. The molecule has 6 heteroatoms. The molecule has 0 spiro atoms. The van der Waals surface area contributed by atoms with Crippen LogP contribution in [0.3, 0.4) is 0 Å². The maximum Gasteiger partial charge on any atom is 0.244 e. The maximum atomic E-state index is 13.0. The monoisotopic (exact) mass is 333 g/mol. The first kappa shape index (κ1) is 12.6. The number of hydrogen-bond donors (Lipinski definition) is 0. The largest absolute Gasteiger partial charge is 0.244 e. The molecule has 2 fully saturated rings. The lowest BCUT2D eigenvalue weighted by Gasteiger charge is -2.26. The Bertz CT molecular complexity index is 590. The third-order valence-corrected chi connectivity index (χ3v) is 6.73. The van der Waals surface area contributed by atoms with Crippen LogP contribution in [-0.4, -0.2) is 25.3 Å². The van der Waals surface area contributed by atoms with Crippen LogP contribution in [0.1, 0.15) is 19.3 Å². The molecular weight excluding hydrogens is 321 g/mol. The molecule has 1 heterocycles. The molecule has 2 atom stereocenters. The van der Waals surface area contributed by atoms with Gasteiger partial charge >= 0.3 is 0 Å². The Hall–Kier alpha value is -0.460. The molecule has 1 aliphatic carbocycles. The first-order valence-corrected chi connectivity index (χ1v) is 8.18. The van der Waals surface area contributed by atoms with Gasteiger partial charge in [0.25, 0.3) is 0 Å². The van der Waals surface area contributed by atoms with Crippen LogP contribution in [0.15, 0.2) is 27.6 Å². The number of piperidine rings is 1. The fourth-order valence-electron chi connectivity index (χ4n) is 2.98. The fourth-order valence-corrected chi connectivity index (χ4v) is 5.74. The molecule has 1 aromatic carbocycles. The second kappa shape index (κ2) is 4.28. The predicted octanol–water partition coefficient (Wildman–Crippen LogP) is 2.76. The van der Waals surface area contributed by atoms with E-state index in [0.29, 0.717) is 16.9 Å². The summed E-state index contributed by atoms with van der Waals surface area (Å²) in [6.45, 7) is 0.608. The van der Waals surface area contributed by atoms with E-state index >= 15 is 0 Å². The topological polar surface area (TPSA) is 37.4 Å². The van der Waals surface area contributed by atoms with Gasteiger partial charge in [0, 0.05) is 17.1 Å². The smallest absolute Gasteiger partial charge is 0.207 e. The SMILES string of the molecule is O=S(=O)(c1ccc(F)cc1Br)N1CC2CCC1C2. The molecule has 2 aliphatic rings. The number of hydrogen-bond acceptors (Lipinski definition) is 2. The minimum atomic E-state index is -3.50.